The highest BCUT2D eigenvalue weighted by atomic mass is 35.5. The van der Waals surface area contributed by atoms with Gasteiger partial charge < -0.3 is 5.32 Å². The lowest BCUT2D eigenvalue weighted by atomic mass is 9.91. The van der Waals surface area contributed by atoms with Gasteiger partial charge in [-0.05, 0) is 61.4 Å². The monoisotopic (exact) mass is 534 g/mol. The zero-order chi connectivity index (χ0) is 25.6. The summed E-state index contributed by atoms with van der Waals surface area (Å²) in [6.45, 7) is 5.71. The maximum atomic E-state index is 13.6. The van der Waals surface area contributed by atoms with Crippen molar-refractivity contribution < 1.29 is 8.42 Å². The van der Waals surface area contributed by atoms with Gasteiger partial charge in [0.2, 0.25) is 10.0 Å². The van der Waals surface area contributed by atoms with Crippen LogP contribution in [0.4, 0.5) is 5.69 Å². The normalized spacial score (nSPS) is 21.2. The maximum absolute atomic E-state index is 13.6. The predicted octanol–water partition coefficient (Wildman–Crippen LogP) is 5.55. The van der Waals surface area contributed by atoms with Crippen LogP contribution in [0.5, 0.6) is 0 Å². The Labute approximate surface area is 223 Å². The van der Waals surface area contributed by atoms with E-state index in [4.69, 9.17) is 11.6 Å². The largest absolute Gasteiger partial charge is 0.384 e. The van der Waals surface area contributed by atoms with E-state index in [2.05, 4.69) is 21.3 Å². The highest BCUT2D eigenvalue weighted by Crippen LogP contribution is 2.32. The molecule has 0 spiro atoms. The maximum Gasteiger partial charge on any atom is 0.243 e. The van der Waals surface area contributed by atoms with Gasteiger partial charge in [-0.25, -0.2) is 8.42 Å². The van der Waals surface area contributed by atoms with Crippen LogP contribution in [0.2, 0.25) is 5.02 Å². The number of benzene rings is 3. The van der Waals surface area contributed by atoms with Crippen molar-refractivity contribution in [2.24, 2.45) is 5.92 Å². The highest BCUT2D eigenvalue weighted by molar-refractivity contribution is 7.89. The van der Waals surface area contributed by atoms with E-state index in [1.54, 1.807) is 10.4 Å². The first kappa shape index (κ1) is 24.6. The standard InChI is InChI=1S/C29H31ClN4O2S/c1-20-15-27(26-12-10-23(30)16-28(26)32-20)31-17-21-9-11-24-19-34(14-13-33(24)18-21)37(35,36)29-8-4-6-22-5-2-3-7-25(22)29/h2-8,10,12,15-16,21,24H,9,11,13-14,17-19H2,1H3,(H,31,32). The van der Waals surface area contributed by atoms with Crippen LogP contribution in [0.3, 0.4) is 0 Å². The number of hydrogen-bond donors (Lipinski definition) is 1. The molecule has 1 N–H and O–H groups in total. The first-order valence-electron chi connectivity index (χ1n) is 12.9. The number of piperazine rings is 1. The molecule has 6 rings (SSSR count). The molecule has 2 saturated heterocycles. The van der Waals surface area contributed by atoms with Gasteiger partial charge in [-0.1, -0.05) is 48.0 Å². The van der Waals surface area contributed by atoms with Gasteiger partial charge in [0.15, 0.2) is 0 Å². The highest BCUT2D eigenvalue weighted by Gasteiger charge is 2.37. The zero-order valence-electron chi connectivity index (χ0n) is 20.9. The number of nitrogens with zero attached hydrogens (tertiary/aromatic N) is 3. The SMILES string of the molecule is Cc1cc(NCC2CCC3CN(S(=O)(=O)c4cccc5ccccc45)CCN3C2)c2ccc(Cl)cc2n1. The molecule has 2 atom stereocenters. The topological polar surface area (TPSA) is 65.5 Å². The van der Waals surface area contributed by atoms with Gasteiger partial charge in [0.25, 0.3) is 0 Å². The fraction of sp³-hybridized carbons (Fsp3) is 0.345. The van der Waals surface area contributed by atoms with E-state index in [-0.39, 0.29) is 6.04 Å². The number of piperidine rings is 1. The van der Waals surface area contributed by atoms with Crippen LogP contribution in [0, 0.1) is 12.8 Å². The lowest BCUT2D eigenvalue weighted by molar-refractivity contribution is 0.0604. The van der Waals surface area contributed by atoms with E-state index in [1.807, 2.05) is 61.5 Å². The first-order valence-corrected chi connectivity index (χ1v) is 14.7. The van der Waals surface area contributed by atoms with Gasteiger partial charge in [-0.3, -0.25) is 9.88 Å². The van der Waals surface area contributed by atoms with E-state index in [9.17, 15) is 8.42 Å². The minimum absolute atomic E-state index is 0.265. The van der Waals surface area contributed by atoms with Crippen molar-refractivity contribution in [3.63, 3.8) is 0 Å². The van der Waals surface area contributed by atoms with Crippen LogP contribution in [0.25, 0.3) is 21.7 Å². The molecule has 2 aliphatic rings. The van der Waals surface area contributed by atoms with Crippen molar-refractivity contribution in [2.75, 3.05) is 38.0 Å². The summed E-state index contributed by atoms with van der Waals surface area (Å²) in [6.07, 6.45) is 2.07. The van der Waals surface area contributed by atoms with Gasteiger partial charge in [0.05, 0.1) is 10.4 Å². The molecule has 0 bridgehead atoms. The number of pyridine rings is 1. The van der Waals surface area contributed by atoms with Gasteiger partial charge >= 0.3 is 0 Å². The Balaban J connectivity index is 1.12. The molecule has 0 aliphatic carbocycles. The van der Waals surface area contributed by atoms with Crippen LogP contribution in [-0.2, 0) is 10.0 Å². The molecule has 2 aliphatic heterocycles. The van der Waals surface area contributed by atoms with E-state index < -0.39 is 10.0 Å². The van der Waals surface area contributed by atoms with Crippen molar-refractivity contribution in [1.82, 2.24) is 14.2 Å². The van der Waals surface area contributed by atoms with Gasteiger partial charge in [-0.2, -0.15) is 4.31 Å². The molecule has 4 aromatic rings. The molecule has 1 aromatic heterocycles. The van der Waals surface area contributed by atoms with E-state index in [0.29, 0.717) is 28.9 Å². The Kier molecular flexibility index (Phi) is 6.57. The molecule has 6 nitrogen and oxygen atoms in total. The summed E-state index contributed by atoms with van der Waals surface area (Å²) < 4.78 is 29.0. The summed E-state index contributed by atoms with van der Waals surface area (Å²) in [4.78, 5) is 7.53. The number of aromatic nitrogens is 1. The summed E-state index contributed by atoms with van der Waals surface area (Å²) in [7, 11) is -3.55. The summed E-state index contributed by atoms with van der Waals surface area (Å²) in [5.41, 5.74) is 2.96. The Morgan fingerprint density at radius 2 is 1.81 bits per heavy atom. The summed E-state index contributed by atoms with van der Waals surface area (Å²) in [5.74, 6) is 0.508. The Hall–Kier alpha value is -2.71. The van der Waals surface area contributed by atoms with Gasteiger partial charge in [0, 0.05) is 65.9 Å². The minimum Gasteiger partial charge on any atom is -0.384 e. The zero-order valence-corrected chi connectivity index (χ0v) is 22.5. The first-order chi connectivity index (χ1) is 17.9. The average Bonchev–Trinajstić information content (AvgIpc) is 2.90. The third-order valence-electron chi connectivity index (χ3n) is 7.82. The quantitative estimate of drug-likeness (QED) is 0.364. The Morgan fingerprint density at radius 1 is 0.973 bits per heavy atom. The number of nitrogens with one attached hydrogen (secondary N) is 1. The minimum atomic E-state index is -3.55. The Morgan fingerprint density at radius 3 is 2.70 bits per heavy atom. The molecule has 3 heterocycles. The number of sulfonamides is 1. The number of fused-ring (bicyclic) bond motifs is 3. The second-order valence-corrected chi connectivity index (χ2v) is 12.6. The van der Waals surface area contributed by atoms with Gasteiger partial charge in [-0.15, -0.1) is 0 Å². The van der Waals surface area contributed by atoms with E-state index in [1.165, 1.54) is 0 Å². The van der Waals surface area contributed by atoms with Crippen molar-refractivity contribution >= 4 is 49.0 Å². The van der Waals surface area contributed by atoms with Crippen molar-refractivity contribution in [1.29, 1.82) is 0 Å². The molecule has 0 saturated carbocycles. The number of rotatable bonds is 5. The smallest absolute Gasteiger partial charge is 0.243 e. The molecule has 0 amide bonds. The van der Waals surface area contributed by atoms with Gasteiger partial charge in [0.1, 0.15) is 0 Å². The van der Waals surface area contributed by atoms with Crippen LogP contribution in [0.15, 0.2) is 71.6 Å². The predicted molar refractivity (Wildman–Crippen MR) is 151 cm³/mol. The van der Waals surface area contributed by atoms with Crippen molar-refractivity contribution in [3.05, 3.63) is 77.4 Å². The molecule has 192 valence electrons. The lowest BCUT2D eigenvalue weighted by Crippen LogP contribution is -2.58. The number of halogens is 1. The molecule has 3 aromatic carbocycles. The number of hydrogen-bond acceptors (Lipinski definition) is 5. The van der Waals surface area contributed by atoms with E-state index in [0.717, 1.165) is 65.5 Å². The van der Waals surface area contributed by atoms with Crippen LogP contribution in [0.1, 0.15) is 18.5 Å². The molecule has 0 radical (unpaired) electrons. The summed E-state index contributed by atoms with van der Waals surface area (Å²) in [5, 5.41) is 7.19. The third-order valence-corrected chi connectivity index (χ3v) is 9.98. The molecule has 37 heavy (non-hydrogen) atoms. The van der Waals surface area contributed by atoms with Crippen molar-refractivity contribution in [2.45, 2.75) is 30.7 Å². The van der Waals surface area contributed by atoms with Crippen molar-refractivity contribution in [3.8, 4) is 0 Å². The molecule has 2 unspecified atom stereocenters. The molecular weight excluding hydrogens is 504 g/mol. The van der Waals surface area contributed by atoms with Crippen LogP contribution < -0.4 is 5.32 Å². The Bertz CT molecular complexity index is 1560. The van der Waals surface area contributed by atoms with Crippen LogP contribution in [-0.4, -0.2) is 61.4 Å². The van der Waals surface area contributed by atoms with E-state index >= 15 is 0 Å². The second kappa shape index (κ2) is 9.87. The fourth-order valence-corrected chi connectivity index (χ4v) is 7.76. The number of aryl methyl sites for hydroxylation is 1. The fourth-order valence-electron chi connectivity index (χ4n) is 5.91. The molecular formula is C29H31ClN4O2S. The molecule has 8 heteroatoms. The third kappa shape index (κ3) is 4.81. The lowest BCUT2D eigenvalue weighted by Gasteiger charge is -2.46. The average molecular weight is 535 g/mol. The summed E-state index contributed by atoms with van der Waals surface area (Å²) in [6, 6.07) is 21.5. The van der Waals surface area contributed by atoms with Crippen LogP contribution >= 0.6 is 11.6 Å². The number of anilines is 1. The second-order valence-electron chi connectivity index (χ2n) is 10.3. The summed E-state index contributed by atoms with van der Waals surface area (Å²) >= 11 is 6.18. The molecule has 2 fully saturated rings.